The van der Waals surface area contributed by atoms with E-state index in [4.69, 9.17) is 25.8 Å². The quantitative estimate of drug-likeness (QED) is 0.802. The van der Waals surface area contributed by atoms with Gasteiger partial charge in [-0.2, -0.15) is 0 Å². The number of carbonyl (C=O) groups excluding carboxylic acids is 1. The van der Waals surface area contributed by atoms with Gasteiger partial charge in [-0.1, -0.05) is 17.7 Å². The van der Waals surface area contributed by atoms with Crippen LogP contribution in [0.3, 0.4) is 0 Å². The van der Waals surface area contributed by atoms with Gasteiger partial charge in [0.1, 0.15) is 0 Å². The summed E-state index contributed by atoms with van der Waals surface area (Å²) in [6.45, 7) is 0. The summed E-state index contributed by atoms with van der Waals surface area (Å²) < 4.78 is 15.8. The first kappa shape index (κ1) is 17.7. The summed E-state index contributed by atoms with van der Waals surface area (Å²) >= 11 is 5.89. The highest BCUT2D eigenvalue weighted by Gasteiger charge is 2.12. The molecule has 1 amide bonds. The minimum absolute atomic E-state index is 0.272. The Morgan fingerprint density at radius 3 is 2.25 bits per heavy atom. The van der Waals surface area contributed by atoms with Crippen LogP contribution in [0, 0.1) is 0 Å². The first-order chi connectivity index (χ1) is 11.6. The fourth-order valence-corrected chi connectivity index (χ4v) is 2.31. The first-order valence-corrected chi connectivity index (χ1v) is 7.49. The molecule has 0 unspecified atom stereocenters. The maximum absolute atomic E-state index is 12.0. The molecule has 0 aliphatic carbocycles. The minimum atomic E-state index is -0.272. The van der Waals surface area contributed by atoms with E-state index in [-0.39, 0.29) is 5.91 Å². The lowest BCUT2D eigenvalue weighted by Crippen LogP contribution is -2.07. The monoisotopic (exact) mass is 347 g/mol. The van der Waals surface area contributed by atoms with Crippen LogP contribution >= 0.6 is 11.6 Å². The summed E-state index contributed by atoms with van der Waals surface area (Å²) in [5, 5.41) is 3.29. The number of halogens is 1. The summed E-state index contributed by atoms with van der Waals surface area (Å²) in [6, 6.07) is 10.4. The largest absolute Gasteiger partial charge is 0.493 e. The third-order valence-corrected chi connectivity index (χ3v) is 3.44. The van der Waals surface area contributed by atoms with Gasteiger partial charge in [-0.25, -0.2) is 0 Å². The number of hydrogen-bond donors (Lipinski definition) is 1. The number of methoxy groups -OCH3 is 3. The average molecular weight is 348 g/mol. The predicted molar refractivity (Wildman–Crippen MR) is 95.2 cm³/mol. The van der Waals surface area contributed by atoms with Crippen LogP contribution in [0.4, 0.5) is 5.69 Å². The molecule has 0 radical (unpaired) electrons. The number of nitrogens with one attached hydrogen (secondary N) is 1. The van der Waals surface area contributed by atoms with Crippen LogP contribution in [0.2, 0.25) is 5.02 Å². The molecule has 2 rings (SSSR count). The van der Waals surface area contributed by atoms with Crippen LogP contribution in [0.1, 0.15) is 5.56 Å². The van der Waals surface area contributed by atoms with E-state index in [1.165, 1.54) is 27.4 Å². The molecule has 0 bridgehead atoms. The van der Waals surface area contributed by atoms with Gasteiger partial charge >= 0.3 is 0 Å². The lowest BCUT2D eigenvalue weighted by atomic mass is 10.1. The lowest BCUT2D eigenvalue weighted by Gasteiger charge is -2.12. The highest BCUT2D eigenvalue weighted by Crippen LogP contribution is 2.38. The third-order valence-electron chi connectivity index (χ3n) is 3.21. The van der Waals surface area contributed by atoms with Crippen molar-refractivity contribution in [3.05, 3.63) is 53.1 Å². The van der Waals surface area contributed by atoms with Crippen molar-refractivity contribution in [1.82, 2.24) is 0 Å². The second-order valence-corrected chi connectivity index (χ2v) is 5.23. The third kappa shape index (κ3) is 4.43. The molecule has 0 atom stereocenters. The van der Waals surface area contributed by atoms with Crippen LogP contribution < -0.4 is 19.5 Å². The van der Waals surface area contributed by atoms with Gasteiger partial charge in [0, 0.05) is 16.8 Å². The van der Waals surface area contributed by atoms with Crippen molar-refractivity contribution in [3.8, 4) is 17.2 Å². The van der Waals surface area contributed by atoms with Crippen LogP contribution in [-0.2, 0) is 4.79 Å². The number of hydrogen-bond acceptors (Lipinski definition) is 4. The Morgan fingerprint density at radius 2 is 1.71 bits per heavy atom. The summed E-state index contributed by atoms with van der Waals surface area (Å²) in [7, 11) is 4.61. The van der Waals surface area contributed by atoms with Gasteiger partial charge < -0.3 is 19.5 Å². The summed E-state index contributed by atoms with van der Waals surface area (Å²) in [4.78, 5) is 12.0. The molecule has 0 saturated carbocycles. The topological polar surface area (TPSA) is 56.8 Å². The van der Waals surface area contributed by atoms with Crippen LogP contribution in [0.15, 0.2) is 42.5 Å². The van der Waals surface area contributed by atoms with Crippen molar-refractivity contribution in [2.24, 2.45) is 0 Å². The zero-order valence-electron chi connectivity index (χ0n) is 13.6. The second kappa shape index (κ2) is 8.26. The maximum atomic E-state index is 12.0. The molecule has 0 heterocycles. The number of ether oxygens (including phenoxy) is 3. The van der Waals surface area contributed by atoms with Gasteiger partial charge in [0.2, 0.25) is 11.7 Å². The normalized spacial score (nSPS) is 10.5. The molecule has 2 aromatic carbocycles. The van der Waals surface area contributed by atoms with Crippen LogP contribution in [0.25, 0.3) is 6.08 Å². The zero-order chi connectivity index (χ0) is 17.5. The summed E-state index contributed by atoms with van der Waals surface area (Å²) in [6.07, 6.45) is 3.08. The molecule has 1 N–H and O–H groups in total. The van der Waals surface area contributed by atoms with E-state index in [1.807, 2.05) is 0 Å². The fraction of sp³-hybridized carbons (Fsp3) is 0.167. The number of carbonyl (C=O) groups is 1. The Balaban J connectivity index is 2.17. The molecule has 0 aliphatic rings. The van der Waals surface area contributed by atoms with Gasteiger partial charge in [0.05, 0.1) is 21.3 Å². The van der Waals surface area contributed by atoms with Gasteiger partial charge in [0.25, 0.3) is 0 Å². The fourth-order valence-electron chi connectivity index (χ4n) is 2.12. The van der Waals surface area contributed by atoms with E-state index in [9.17, 15) is 4.79 Å². The predicted octanol–water partition coefficient (Wildman–Crippen LogP) is 4.02. The van der Waals surface area contributed by atoms with E-state index in [1.54, 1.807) is 42.5 Å². The molecule has 0 aliphatic heterocycles. The van der Waals surface area contributed by atoms with Crippen molar-refractivity contribution in [3.63, 3.8) is 0 Å². The van der Waals surface area contributed by atoms with E-state index in [0.29, 0.717) is 28.0 Å². The Bertz CT molecular complexity index is 733. The highest BCUT2D eigenvalue weighted by atomic mass is 35.5. The molecule has 6 heteroatoms. The molecule has 0 saturated heterocycles. The summed E-state index contributed by atoms with van der Waals surface area (Å²) in [5.41, 5.74) is 1.37. The molecule has 2 aromatic rings. The van der Waals surface area contributed by atoms with Gasteiger partial charge in [-0.05, 0) is 42.0 Å². The number of anilines is 1. The lowest BCUT2D eigenvalue weighted by molar-refractivity contribution is -0.111. The SMILES string of the molecule is COc1cc(C=CC(=O)Nc2cccc(Cl)c2)cc(OC)c1OC. The Hall–Kier alpha value is -2.66. The highest BCUT2D eigenvalue weighted by molar-refractivity contribution is 6.30. The second-order valence-electron chi connectivity index (χ2n) is 4.79. The maximum Gasteiger partial charge on any atom is 0.248 e. The van der Waals surface area contributed by atoms with E-state index in [2.05, 4.69) is 5.32 Å². The van der Waals surface area contributed by atoms with Crippen LogP contribution in [0.5, 0.6) is 17.2 Å². The van der Waals surface area contributed by atoms with Crippen molar-refractivity contribution in [2.75, 3.05) is 26.6 Å². The average Bonchev–Trinajstić information content (AvgIpc) is 2.58. The van der Waals surface area contributed by atoms with Crippen molar-refractivity contribution in [1.29, 1.82) is 0 Å². The molecular weight excluding hydrogens is 330 g/mol. The Kier molecular flexibility index (Phi) is 6.09. The molecule has 0 spiro atoms. The van der Waals surface area contributed by atoms with Gasteiger partial charge in [-0.15, -0.1) is 0 Å². The van der Waals surface area contributed by atoms with E-state index in [0.717, 1.165) is 5.56 Å². The number of benzene rings is 2. The van der Waals surface area contributed by atoms with Gasteiger partial charge in [0.15, 0.2) is 11.5 Å². The van der Waals surface area contributed by atoms with E-state index < -0.39 is 0 Å². The standard InChI is InChI=1S/C18H18ClNO4/c1-22-15-9-12(10-16(23-2)18(15)24-3)7-8-17(21)20-14-6-4-5-13(19)11-14/h4-11H,1-3H3,(H,20,21). The molecule has 0 aromatic heterocycles. The number of rotatable bonds is 6. The molecule has 5 nitrogen and oxygen atoms in total. The minimum Gasteiger partial charge on any atom is -0.493 e. The molecule has 0 fully saturated rings. The van der Waals surface area contributed by atoms with Crippen LogP contribution in [-0.4, -0.2) is 27.2 Å². The smallest absolute Gasteiger partial charge is 0.248 e. The Labute approximate surface area is 145 Å². The zero-order valence-corrected chi connectivity index (χ0v) is 14.4. The Morgan fingerprint density at radius 1 is 1.04 bits per heavy atom. The van der Waals surface area contributed by atoms with Crippen molar-refractivity contribution < 1.29 is 19.0 Å². The molecule has 126 valence electrons. The van der Waals surface area contributed by atoms with E-state index >= 15 is 0 Å². The molecular formula is C18H18ClNO4. The first-order valence-electron chi connectivity index (χ1n) is 7.12. The number of amides is 1. The summed E-state index contributed by atoms with van der Waals surface area (Å²) in [5.74, 6) is 1.27. The van der Waals surface area contributed by atoms with Gasteiger partial charge in [-0.3, -0.25) is 4.79 Å². The molecule has 24 heavy (non-hydrogen) atoms. The van der Waals surface area contributed by atoms with Crippen molar-refractivity contribution >= 4 is 29.3 Å². The van der Waals surface area contributed by atoms with Crippen molar-refractivity contribution in [2.45, 2.75) is 0 Å².